The average molecular weight is 201 g/mol. The van der Waals surface area contributed by atoms with Gasteiger partial charge in [0.05, 0.1) is 0 Å². The number of rotatable bonds is 2. The van der Waals surface area contributed by atoms with Gasteiger partial charge in [0, 0.05) is 28.7 Å². The normalized spacial score (nSPS) is 11.2. The molecule has 0 spiro atoms. The second kappa shape index (κ2) is 3.54. The SMILES string of the molecule is CC(=O)c1cn(C(C)C)c2ccccc12. The smallest absolute Gasteiger partial charge is 0.161 e. The summed E-state index contributed by atoms with van der Waals surface area (Å²) in [5.41, 5.74) is 1.96. The largest absolute Gasteiger partial charge is 0.344 e. The maximum absolute atomic E-state index is 11.5. The fraction of sp³-hybridized carbons (Fsp3) is 0.308. The first-order valence-electron chi connectivity index (χ1n) is 5.21. The van der Waals surface area contributed by atoms with Crippen LogP contribution in [0.5, 0.6) is 0 Å². The van der Waals surface area contributed by atoms with Gasteiger partial charge in [-0.05, 0) is 26.8 Å². The van der Waals surface area contributed by atoms with Crippen molar-refractivity contribution in [3.63, 3.8) is 0 Å². The van der Waals surface area contributed by atoms with Gasteiger partial charge in [0.25, 0.3) is 0 Å². The summed E-state index contributed by atoms with van der Waals surface area (Å²) in [4.78, 5) is 11.5. The maximum atomic E-state index is 11.5. The fourth-order valence-corrected chi connectivity index (χ4v) is 1.91. The zero-order valence-corrected chi connectivity index (χ0v) is 9.32. The highest BCUT2D eigenvalue weighted by atomic mass is 16.1. The van der Waals surface area contributed by atoms with Crippen molar-refractivity contribution >= 4 is 16.7 Å². The molecule has 0 saturated heterocycles. The Bertz CT molecular complexity index is 508. The molecule has 78 valence electrons. The van der Waals surface area contributed by atoms with Gasteiger partial charge in [-0.2, -0.15) is 0 Å². The summed E-state index contributed by atoms with van der Waals surface area (Å²) in [6.07, 6.45) is 1.96. The van der Waals surface area contributed by atoms with Crippen LogP contribution in [0.1, 0.15) is 37.2 Å². The number of nitrogens with zero attached hydrogens (tertiary/aromatic N) is 1. The monoisotopic (exact) mass is 201 g/mol. The Morgan fingerprint density at radius 1 is 1.27 bits per heavy atom. The molecule has 0 bridgehead atoms. The topological polar surface area (TPSA) is 22.0 Å². The third-order valence-corrected chi connectivity index (χ3v) is 2.68. The van der Waals surface area contributed by atoms with E-state index < -0.39 is 0 Å². The van der Waals surface area contributed by atoms with Crippen LogP contribution in [-0.2, 0) is 0 Å². The number of carbonyl (C=O) groups is 1. The Hall–Kier alpha value is -1.57. The van der Waals surface area contributed by atoms with Crippen molar-refractivity contribution in [3.8, 4) is 0 Å². The first-order valence-corrected chi connectivity index (χ1v) is 5.21. The Balaban J connectivity index is 2.79. The number of ketones is 1. The van der Waals surface area contributed by atoms with Gasteiger partial charge in [-0.3, -0.25) is 4.79 Å². The maximum Gasteiger partial charge on any atom is 0.161 e. The lowest BCUT2D eigenvalue weighted by atomic mass is 10.1. The van der Waals surface area contributed by atoms with E-state index >= 15 is 0 Å². The molecule has 1 aromatic heterocycles. The van der Waals surface area contributed by atoms with E-state index in [-0.39, 0.29) is 5.78 Å². The second-order valence-electron chi connectivity index (χ2n) is 4.12. The van der Waals surface area contributed by atoms with E-state index in [1.165, 1.54) is 0 Å². The van der Waals surface area contributed by atoms with Crippen LogP contribution >= 0.6 is 0 Å². The molecular formula is C13H15NO. The lowest BCUT2D eigenvalue weighted by Gasteiger charge is -2.08. The number of aromatic nitrogens is 1. The van der Waals surface area contributed by atoms with E-state index in [0.29, 0.717) is 6.04 Å². The lowest BCUT2D eigenvalue weighted by Crippen LogP contribution is -1.98. The summed E-state index contributed by atoms with van der Waals surface area (Å²) >= 11 is 0. The fourth-order valence-electron chi connectivity index (χ4n) is 1.91. The predicted molar refractivity (Wildman–Crippen MR) is 62.3 cm³/mol. The van der Waals surface area contributed by atoms with Crippen LogP contribution in [0.3, 0.4) is 0 Å². The summed E-state index contributed by atoms with van der Waals surface area (Å²) in [6, 6.07) is 8.42. The summed E-state index contributed by atoms with van der Waals surface area (Å²) < 4.78 is 2.14. The van der Waals surface area contributed by atoms with Gasteiger partial charge in [0.1, 0.15) is 0 Å². The molecule has 0 atom stereocenters. The molecule has 2 rings (SSSR count). The third-order valence-electron chi connectivity index (χ3n) is 2.68. The van der Waals surface area contributed by atoms with Crippen LogP contribution in [0.4, 0.5) is 0 Å². The van der Waals surface area contributed by atoms with Gasteiger partial charge in [-0.15, -0.1) is 0 Å². The summed E-state index contributed by atoms with van der Waals surface area (Å²) in [7, 11) is 0. The number of hydrogen-bond acceptors (Lipinski definition) is 1. The van der Waals surface area contributed by atoms with Gasteiger partial charge >= 0.3 is 0 Å². The predicted octanol–water partition coefficient (Wildman–Crippen LogP) is 3.42. The van der Waals surface area contributed by atoms with Crippen LogP contribution in [0.25, 0.3) is 10.9 Å². The van der Waals surface area contributed by atoms with Crippen LogP contribution < -0.4 is 0 Å². The van der Waals surface area contributed by atoms with Gasteiger partial charge < -0.3 is 4.57 Å². The molecule has 2 nitrogen and oxygen atoms in total. The van der Waals surface area contributed by atoms with Crippen molar-refractivity contribution in [2.75, 3.05) is 0 Å². The highest BCUT2D eigenvalue weighted by Gasteiger charge is 2.12. The van der Waals surface area contributed by atoms with Crippen molar-refractivity contribution in [2.45, 2.75) is 26.8 Å². The van der Waals surface area contributed by atoms with Gasteiger partial charge in [-0.25, -0.2) is 0 Å². The minimum atomic E-state index is 0.130. The molecule has 1 heterocycles. The van der Waals surface area contributed by atoms with E-state index in [0.717, 1.165) is 16.5 Å². The first kappa shape index (κ1) is 9.97. The molecule has 0 saturated carbocycles. The number of hydrogen-bond donors (Lipinski definition) is 0. The minimum absolute atomic E-state index is 0.130. The number of benzene rings is 1. The van der Waals surface area contributed by atoms with Crippen LogP contribution in [0.15, 0.2) is 30.5 Å². The van der Waals surface area contributed by atoms with E-state index in [1.807, 2.05) is 24.4 Å². The molecule has 15 heavy (non-hydrogen) atoms. The van der Waals surface area contributed by atoms with Crippen molar-refractivity contribution in [3.05, 3.63) is 36.0 Å². The number of fused-ring (bicyclic) bond motifs is 1. The standard InChI is InChI=1S/C13H15NO/c1-9(2)14-8-12(10(3)15)11-6-4-5-7-13(11)14/h4-9H,1-3H3. The van der Waals surface area contributed by atoms with Crippen molar-refractivity contribution < 1.29 is 4.79 Å². The molecule has 0 aliphatic heterocycles. The Labute approximate surface area is 89.5 Å². The number of para-hydroxylation sites is 1. The summed E-state index contributed by atoms with van der Waals surface area (Å²) in [5.74, 6) is 0.130. The zero-order valence-electron chi connectivity index (χ0n) is 9.32. The molecule has 2 aromatic rings. The number of carbonyl (C=O) groups excluding carboxylic acids is 1. The minimum Gasteiger partial charge on any atom is -0.344 e. The van der Waals surface area contributed by atoms with Crippen molar-refractivity contribution in [1.29, 1.82) is 0 Å². The Kier molecular flexibility index (Phi) is 2.35. The van der Waals surface area contributed by atoms with Crippen LogP contribution in [0, 0.1) is 0 Å². The van der Waals surface area contributed by atoms with Gasteiger partial charge in [0.2, 0.25) is 0 Å². The highest BCUT2D eigenvalue weighted by Crippen LogP contribution is 2.24. The Morgan fingerprint density at radius 2 is 1.93 bits per heavy atom. The van der Waals surface area contributed by atoms with E-state index in [2.05, 4.69) is 24.5 Å². The molecule has 0 amide bonds. The number of Topliss-reactive ketones (excluding diaryl/α,β-unsaturated/α-hetero) is 1. The molecule has 2 heteroatoms. The van der Waals surface area contributed by atoms with E-state index in [4.69, 9.17) is 0 Å². The molecule has 0 radical (unpaired) electrons. The highest BCUT2D eigenvalue weighted by molar-refractivity contribution is 6.06. The van der Waals surface area contributed by atoms with Crippen LogP contribution in [-0.4, -0.2) is 10.4 Å². The first-order chi connectivity index (χ1) is 7.11. The molecule has 0 aliphatic rings. The van der Waals surface area contributed by atoms with Gasteiger partial charge in [-0.1, -0.05) is 18.2 Å². The van der Waals surface area contributed by atoms with Crippen molar-refractivity contribution in [1.82, 2.24) is 4.57 Å². The van der Waals surface area contributed by atoms with E-state index in [1.54, 1.807) is 6.92 Å². The summed E-state index contributed by atoms with van der Waals surface area (Å²) in [6.45, 7) is 5.86. The second-order valence-corrected chi connectivity index (χ2v) is 4.12. The third kappa shape index (κ3) is 1.56. The molecular weight excluding hydrogens is 186 g/mol. The summed E-state index contributed by atoms with van der Waals surface area (Å²) in [5, 5.41) is 1.05. The molecule has 0 fully saturated rings. The van der Waals surface area contributed by atoms with Crippen molar-refractivity contribution in [2.24, 2.45) is 0 Å². The van der Waals surface area contributed by atoms with Gasteiger partial charge in [0.15, 0.2) is 5.78 Å². The lowest BCUT2D eigenvalue weighted by molar-refractivity contribution is 0.101. The van der Waals surface area contributed by atoms with Crippen LogP contribution in [0.2, 0.25) is 0 Å². The molecule has 0 aliphatic carbocycles. The average Bonchev–Trinajstić information content (AvgIpc) is 2.56. The Morgan fingerprint density at radius 3 is 2.53 bits per heavy atom. The molecule has 1 aromatic carbocycles. The van der Waals surface area contributed by atoms with E-state index in [9.17, 15) is 4.79 Å². The molecule has 0 unspecified atom stereocenters. The quantitative estimate of drug-likeness (QED) is 0.682. The molecule has 0 N–H and O–H groups in total. The zero-order chi connectivity index (χ0) is 11.0.